The molecule has 1 fully saturated rings. The summed E-state index contributed by atoms with van der Waals surface area (Å²) in [6.45, 7) is 2.67. The van der Waals surface area contributed by atoms with E-state index in [-0.39, 0.29) is 11.7 Å². The lowest BCUT2D eigenvalue weighted by Crippen LogP contribution is -2.18. The number of amides is 1. The van der Waals surface area contributed by atoms with Crippen molar-refractivity contribution >= 4 is 23.5 Å². The number of Topliss-reactive ketones (excluding diaryl/α,β-unsaturated/α-hetero) is 1. The van der Waals surface area contributed by atoms with Crippen molar-refractivity contribution in [3.63, 3.8) is 0 Å². The highest BCUT2D eigenvalue weighted by molar-refractivity contribution is 7.99. The van der Waals surface area contributed by atoms with Crippen LogP contribution in [0.2, 0.25) is 0 Å². The van der Waals surface area contributed by atoms with Crippen LogP contribution in [0.25, 0.3) is 0 Å². The van der Waals surface area contributed by atoms with Crippen LogP contribution in [0.3, 0.4) is 0 Å². The van der Waals surface area contributed by atoms with Crippen LogP contribution in [0.5, 0.6) is 0 Å². The SMILES string of the molecule is CC(=O)NCc1ccc(C(=O)CSc2nnc(C3CC3)n2Cc2ccccc2)cc1. The van der Waals surface area contributed by atoms with Gasteiger partial charge in [0, 0.05) is 24.9 Å². The molecule has 7 heteroatoms. The van der Waals surface area contributed by atoms with Crippen LogP contribution >= 0.6 is 11.8 Å². The first-order chi connectivity index (χ1) is 14.6. The molecular weight excluding hydrogens is 396 g/mol. The van der Waals surface area contributed by atoms with Crippen molar-refractivity contribution < 1.29 is 9.59 Å². The molecule has 2 aromatic carbocycles. The molecule has 4 rings (SSSR count). The number of nitrogens with zero attached hydrogens (tertiary/aromatic N) is 3. The van der Waals surface area contributed by atoms with E-state index in [2.05, 4.69) is 32.2 Å². The summed E-state index contributed by atoms with van der Waals surface area (Å²) in [4.78, 5) is 23.7. The van der Waals surface area contributed by atoms with Gasteiger partial charge in [0.05, 0.1) is 12.3 Å². The number of benzene rings is 2. The zero-order valence-corrected chi connectivity index (χ0v) is 17.7. The van der Waals surface area contributed by atoms with Gasteiger partial charge in [0.25, 0.3) is 0 Å². The molecule has 1 heterocycles. The maximum Gasteiger partial charge on any atom is 0.217 e. The highest BCUT2D eigenvalue weighted by atomic mass is 32.2. The van der Waals surface area contributed by atoms with Gasteiger partial charge in [-0.1, -0.05) is 66.4 Å². The van der Waals surface area contributed by atoms with Gasteiger partial charge in [0.15, 0.2) is 10.9 Å². The first-order valence-corrected chi connectivity index (χ1v) is 11.0. The summed E-state index contributed by atoms with van der Waals surface area (Å²) in [6, 6.07) is 17.6. The summed E-state index contributed by atoms with van der Waals surface area (Å²) in [5.41, 5.74) is 2.82. The monoisotopic (exact) mass is 420 g/mol. The summed E-state index contributed by atoms with van der Waals surface area (Å²) < 4.78 is 2.15. The molecule has 6 nitrogen and oxygen atoms in total. The average molecular weight is 421 g/mol. The van der Waals surface area contributed by atoms with Gasteiger partial charge in [-0.25, -0.2) is 0 Å². The van der Waals surface area contributed by atoms with E-state index in [1.165, 1.54) is 24.2 Å². The molecule has 154 valence electrons. The van der Waals surface area contributed by atoms with Crippen molar-refractivity contribution in [1.82, 2.24) is 20.1 Å². The fraction of sp³-hybridized carbons (Fsp3) is 0.304. The molecule has 1 saturated carbocycles. The Morgan fingerprint density at radius 2 is 1.77 bits per heavy atom. The normalized spacial score (nSPS) is 13.2. The zero-order valence-electron chi connectivity index (χ0n) is 16.9. The minimum absolute atomic E-state index is 0.0494. The molecule has 1 aliphatic carbocycles. The van der Waals surface area contributed by atoms with Crippen LogP contribution in [0.15, 0.2) is 59.8 Å². The first kappa shape index (κ1) is 20.3. The molecule has 0 radical (unpaired) electrons. The highest BCUT2D eigenvalue weighted by Crippen LogP contribution is 2.40. The molecular formula is C23H24N4O2S. The fourth-order valence-corrected chi connectivity index (χ4v) is 4.05. The molecule has 30 heavy (non-hydrogen) atoms. The molecule has 0 saturated heterocycles. The molecule has 1 aliphatic rings. The van der Waals surface area contributed by atoms with E-state index in [4.69, 9.17) is 0 Å². The van der Waals surface area contributed by atoms with Crippen LogP contribution in [0, 0.1) is 0 Å². The number of ketones is 1. The third-order valence-corrected chi connectivity index (χ3v) is 5.99. The molecule has 3 aromatic rings. The number of thioether (sulfide) groups is 1. The van der Waals surface area contributed by atoms with Crippen molar-refractivity contribution in [2.45, 2.75) is 43.9 Å². The number of hydrogen-bond acceptors (Lipinski definition) is 5. The Balaban J connectivity index is 1.42. The second kappa shape index (κ2) is 9.26. The summed E-state index contributed by atoms with van der Waals surface area (Å²) in [5.74, 6) is 1.80. The quantitative estimate of drug-likeness (QED) is 0.421. The Labute approximate surface area is 180 Å². The molecule has 0 bridgehead atoms. The first-order valence-electron chi connectivity index (χ1n) is 10.1. The molecule has 1 N–H and O–H groups in total. The third kappa shape index (κ3) is 5.16. The predicted octanol–water partition coefficient (Wildman–Crippen LogP) is 3.81. The Bertz CT molecular complexity index is 1030. The fourth-order valence-electron chi connectivity index (χ4n) is 3.21. The van der Waals surface area contributed by atoms with Crippen LogP contribution in [0.4, 0.5) is 0 Å². The summed E-state index contributed by atoms with van der Waals surface area (Å²) in [6.07, 6.45) is 2.31. The van der Waals surface area contributed by atoms with Crippen molar-refractivity contribution in [2.75, 3.05) is 5.75 Å². The molecule has 1 amide bonds. The number of carbonyl (C=O) groups excluding carboxylic acids is 2. The highest BCUT2D eigenvalue weighted by Gasteiger charge is 2.30. The van der Waals surface area contributed by atoms with Crippen molar-refractivity contribution in [3.8, 4) is 0 Å². The number of hydrogen-bond donors (Lipinski definition) is 1. The van der Waals surface area contributed by atoms with Gasteiger partial charge in [0.1, 0.15) is 5.82 Å². The number of nitrogens with one attached hydrogen (secondary N) is 1. The lowest BCUT2D eigenvalue weighted by molar-refractivity contribution is -0.119. The largest absolute Gasteiger partial charge is 0.352 e. The van der Waals surface area contributed by atoms with Crippen LogP contribution in [-0.2, 0) is 17.9 Å². The number of rotatable bonds is 9. The van der Waals surface area contributed by atoms with Crippen LogP contribution in [-0.4, -0.2) is 32.2 Å². The van der Waals surface area contributed by atoms with Crippen molar-refractivity contribution in [3.05, 3.63) is 77.1 Å². The summed E-state index contributed by atoms with van der Waals surface area (Å²) in [5, 5.41) is 12.3. The summed E-state index contributed by atoms with van der Waals surface area (Å²) >= 11 is 1.44. The Morgan fingerprint density at radius 1 is 1.03 bits per heavy atom. The maximum atomic E-state index is 12.7. The lowest BCUT2D eigenvalue weighted by atomic mass is 10.1. The number of aromatic nitrogens is 3. The van der Waals surface area contributed by atoms with Gasteiger partial charge in [0.2, 0.25) is 5.91 Å². The van der Waals surface area contributed by atoms with E-state index >= 15 is 0 Å². The van der Waals surface area contributed by atoms with Crippen LogP contribution < -0.4 is 5.32 Å². The van der Waals surface area contributed by atoms with Gasteiger partial charge in [-0.15, -0.1) is 10.2 Å². The van der Waals surface area contributed by atoms with Gasteiger partial charge >= 0.3 is 0 Å². The Hall–Kier alpha value is -2.93. The minimum atomic E-state index is -0.0725. The lowest BCUT2D eigenvalue weighted by Gasteiger charge is -2.10. The third-order valence-electron chi connectivity index (χ3n) is 5.02. The van der Waals surface area contributed by atoms with E-state index in [0.717, 1.165) is 29.4 Å². The van der Waals surface area contributed by atoms with Gasteiger partial charge in [-0.05, 0) is 24.0 Å². The second-order valence-electron chi connectivity index (χ2n) is 7.51. The smallest absolute Gasteiger partial charge is 0.217 e. The minimum Gasteiger partial charge on any atom is -0.352 e. The van der Waals surface area contributed by atoms with Gasteiger partial charge in [-0.3, -0.25) is 9.59 Å². The number of carbonyl (C=O) groups is 2. The van der Waals surface area contributed by atoms with Gasteiger partial charge < -0.3 is 9.88 Å². The van der Waals surface area contributed by atoms with Crippen molar-refractivity contribution in [2.24, 2.45) is 0 Å². The average Bonchev–Trinajstić information content (AvgIpc) is 3.53. The van der Waals surface area contributed by atoms with E-state index in [0.29, 0.717) is 30.3 Å². The maximum absolute atomic E-state index is 12.7. The van der Waals surface area contributed by atoms with Gasteiger partial charge in [-0.2, -0.15) is 0 Å². The zero-order chi connectivity index (χ0) is 20.9. The molecule has 0 unspecified atom stereocenters. The Morgan fingerprint density at radius 3 is 2.43 bits per heavy atom. The molecule has 0 aliphatic heterocycles. The van der Waals surface area contributed by atoms with Crippen molar-refractivity contribution in [1.29, 1.82) is 0 Å². The standard InChI is InChI=1S/C23H24N4O2S/c1-16(28)24-13-17-7-9-19(10-8-17)21(29)15-30-23-26-25-22(20-11-12-20)27(23)14-18-5-3-2-4-6-18/h2-10,20H,11-15H2,1H3,(H,24,28). The topological polar surface area (TPSA) is 76.9 Å². The second-order valence-corrected chi connectivity index (χ2v) is 8.45. The van der Waals surface area contributed by atoms with E-state index < -0.39 is 0 Å². The predicted molar refractivity (Wildman–Crippen MR) is 117 cm³/mol. The molecule has 0 atom stereocenters. The van der Waals surface area contributed by atoms with E-state index in [1.54, 1.807) is 0 Å². The van der Waals surface area contributed by atoms with E-state index in [9.17, 15) is 9.59 Å². The Kier molecular flexibility index (Phi) is 6.28. The van der Waals surface area contributed by atoms with Crippen LogP contribution in [0.1, 0.15) is 53.0 Å². The van der Waals surface area contributed by atoms with E-state index in [1.807, 2.05) is 42.5 Å². The molecule has 0 spiro atoms. The summed E-state index contributed by atoms with van der Waals surface area (Å²) in [7, 11) is 0. The molecule has 1 aromatic heterocycles.